The molecule has 1 saturated heterocycles. The summed E-state index contributed by atoms with van der Waals surface area (Å²) in [6.07, 6.45) is 4.30. The molecule has 0 aliphatic carbocycles. The van der Waals surface area contributed by atoms with Crippen LogP contribution in [0, 0.1) is 0 Å². The molecule has 0 spiro atoms. The number of rotatable bonds is 5. The van der Waals surface area contributed by atoms with Crippen molar-refractivity contribution in [1.29, 1.82) is 0 Å². The Bertz CT molecular complexity index is 966. The van der Waals surface area contributed by atoms with E-state index in [2.05, 4.69) is 25.5 Å². The predicted octanol–water partition coefficient (Wildman–Crippen LogP) is 4.38. The Kier molecular flexibility index (Phi) is 6.35. The lowest BCUT2D eigenvalue weighted by atomic mass is 9.89. The summed E-state index contributed by atoms with van der Waals surface area (Å²) < 4.78 is 5.23. The molecule has 2 aromatic heterocycles. The minimum atomic E-state index is -0.247. The number of ether oxygens (including phenoxy) is 1. The lowest BCUT2D eigenvalue weighted by molar-refractivity contribution is 0.243. The van der Waals surface area contributed by atoms with Gasteiger partial charge in [-0.3, -0.25) is 4.98 Å². The van der Waals surface area contributed by atoms with Gasteiger partial charge in [0, 0.05) is 53.0 Å². The highest BCUT2D eigenvalue weighted by Gasteiger charge is 2.33. The molecule has 3 heterocycles. The molecule has 2 unspecified atom stereocenters. The van der Waals surface area contributed by atoms with E-state index < -0.39 is 0 Å². The monoisotopic (exact) mass is 443 g/mol. The Morgan fingerprint density at radius 2 is 2.07 bits per heavy atom. The number of nitrogens with one attached hydrogen (secondary N) is 2. The highest BCUT2D eigenvalue weighted by molar-refractivity contribution is 7.13. The molecule has 2 atom stereocenters. The smallest absolute Gasteiger partial charge is 0.319 e. The second kappa shape index (κ2) is 9.32. The summed E-state index contributed by atoms with van der Waals surface area (Å²) >= 11 is 7.53. The largest absolute Gasteiger partial charge is 0.495 e. The first-order valence-corrected chi connectivity index (χ1v) is 10.9. The van der Waals surface area contributed by atoms with E-state index in [4.69, 9.17) is 16.3 Å². The van der Waals surface area contributed by atoms with Crippen LogP contribution in [0.1, 0.15) is 18.0 Å². The van der Waals surface area contributed by atoms with E-state index in [1.165, 1.54) is 0 Å². The fourth-order valence-electron chi connectivity index (χ4n) is 3.57. The predicted molar refractivity (Wildman–Crippen MR) is 120 cm³/mol. The van der Waals surface area contributed by atoms with Gasteiger partial charge in [-0.15, -0.1) is 11.3 Å². The van der Waals surface area contributed by atoms with Crippen LogP contribution in [0.4, 0.5) is 15.6 Å². The maximum absolute atomic E-state index is 12.6. The highest BCUT2D eigenvalue weighted by Crippen LogP contribution is 2.31. The summed E-state index contributed by atoms with van der Waals surface area (Å²) in [5.41, 5.74) is 1.60. The second-order valence-electron chi connectivity index (χ2n) is 6.99. The van der Waals surface area contributed by atoms with Crippen LogP contribution in [0.25, 0.3) is 0 Å². The highest BCUT2D eigenvalue weighted by atomic mass is 35.5. The molecule has 3 aromatic rings. The number of carbonyl (C=O) groups excluding carboxylic acids is 1. The molecule has 1 fully saturated rings. The van der Waals surface area contributed by atoms with Crippen molar-refractivity contribution in [2.24, 2.45) is 0 Å². The van der Waals surface area contributed by atoms with Crippen molar-refractivity contribution in [2.75, 3.05) is 30.4 Å². The number of carbonyl (C=O) groups is 1. The Morgan fingerprint density at radius 3 is 2.73 bits per heavy atom. The number of pyridine rings is 1. The fourth-order valence-corrected chi connectivity index (χ4v) is 4.38. The SMILES string of the molecule is COc1ccc(C2CN(c3nccs3)CCC2NC(=O)Nc2ccc(Cl)cc2)nc1. The Morgan fingerprint density at radius 1 is 1.23 bits per heavy atom. The van der Waals surface area contributed by atoms with Crippen molar-refractivity contribution in [3.63, 3.8) is 0 Å². The molecule has 2 N–H and O–H groups in total. The number of nitrogens with zero attached hydrogens (tertiary/aromatic N) is 3. The quantitative estimate of drug-likeness (QED) is 0.611. The molecule has 1 aliphatic heterocycles. The molecular formula is C21H22ClN5O2S. The third-order valence-corrected chi connectivity index (χ3v) is 6.18. The third-order valence-electron chi connectivity index (χ3n) is 5.10. The Hall–Kier alpha value is -2.84. The van der Waals surface area contributed by atoms with Gasteiger partial charge in [0.2, 0.25) is 0 Å². The van der Waals surface area contributed by atoms with Crippen molar-refractivity contribution >= 4 is 39.8 Å². The minimum absolute atomic E-state index is 0.0181. The van der Waals surface area contributed by atoms with Crippen molar-refractivity contribution in [3.05, 3.63) is 64.9 Å². The summed E-state index contributed by atoms with van der Waals surface area (Å²) in [6, 6.07) is 10.6. The van der Waals surface area contributed by atoms with Gasteiger partial charge in [0.15, 0.2) is 5.13 Å². The van der Waals surface area contributed by atoms with Crippen LogP contribution in [0.3, 0.4) is 0 Å². The number of anilines is 2. The van der Waals surface area contributed by atoms with E-state index in [1.54, 1.807) is 48.9 Å². The topological polar surface area (TPSA) is 79.4 Å². The van der Waals surface area contributed by atoms with Crippen molar-refractivity contribution < 1.29 is 9.53 Å². The van der Waals surface area contributed by atoms with Crippen LogP contribution in [0.5, 0.6) is 5.75 Å². The van der Waals surface area contributed by atoms with Gasteiger partial charge in [-0.2, -0.15) is 0 Å². The average Bonchev–Trinajstić information content (AvgIpc) is 3.31. The molecule has 156 valence electrons. The molecule has 7 nitrogen and oxygen atoms in total. The molecule has 30 heavy (non-hydrogen) atoms. The second-order valence-corrected chi connectivity index (χ2v) is 8.30. The van der Waals surface area contributed by atoms with Crippen LogP contribution < -0.4 is 20.3 Å². The van der Waals surface area contributed by atoms with E-state index in [9.17, 15) is 4.79 Å². The number of aromatic nitrogens is 2. The van der Waals surface area contributed by atoms with Gasteiger partial charge in [-0.05, 0) is 42.8 Å². The van der Waals surface area contributed by atoms with Gasteiger partial charge < -0.3 is 20.3 Å². The fraction of sp³-hybridized carbons (Fsp3) is 0.286. The standard InChI is InChI=1S/C21H22ClN5O2S/c1-29-16-6-7-18(24-12-16)17-13-27(21-23-9-11-30-21)10-8-19(17)26-20(28)25-15-4-2-14(22)3-5-15/h2-7,9,11-12,17,19H,8,10,13H2,1H3,(H2,25,26,28). The normalized spacial score (nSPS) is 18.7. The molecule has 1 aliphatic rings. The lowest BCUT2D eigenvalue weighted by Gasteiger charge is -2.38. The molecule has 0 saturated carbocycles. The van der Waals surface area contributed by atoms with Gasteiger partial charge in [0.25, 0.3) is 0 Å². The lowest BCUT2D eigenvalue weighted by Crippen LogP contribution is -2.51. The zero-order valence-electron chi connectivity index (χ0n) is 16.4. The van der Waals surface area contributed by atoms with E-state index in [0.717, 1.165) is 30.3 Å². The third kappa shape index (κ3) is 4.83. The number of methoxy groups -OCH3 is 1. The van der Waals surface area contributed by atoms with Gasteiger partial charge in [0.05, 0.1) is 13.3 Å². The average molecular weight is 444 g/mol. The first kappa shape index (κ1) is 20.4. The number of thiazole rings is 1. The first-order valence-electron chi connectivity index (χ1n) is 9.60. The number of urea groups is 1. The number of hydrogen-bond donors (Lipinski definition) is 2. The molecule has 0 radical (unpaired) electrons. The van der Waals surface area contributed by atoms with Gasteiger partial charge in [0.1, 0.15) is 5.75 Å². The van der Waals surface area contributed by atoms with Crippen LogP contribution in [-0.4, -0.2) is 42.2 Å². The van der Waals surface area contributed by atoms with Crippen LogP contribution >= 0.6 is 22.9 Å². The molecule has 4 rings (SSSR count). The molecular weight excluding hydrogens is 422 g/mol. The summed E-state index contributed by atoms with van der Waals surface area (Å²) in [5.74, 6) is 0.723. The zero-order valence-corrected chi connectivity index (χ0v) is 18.0. The summed E-state index contributed by atoms with van der Waals surface area (Å²) in [6.45, 7) is 1.53. The van der Waals surface area contributed by atoms with Gasteiger partial charge >= 0.3 is 6.03 Å². The Labute approximate surface area is 184 Å². The summed E-state index contributed by atoms with van der Waals surface area (Å²) in [5, 5.41) is 9.58. The van der Waals surface area contributed by atoms with Crippen molar-refractivity contribution in [1.82, 2.24) is 15.3 Å². The van der Waals surface area contributed by atoms with Gasteiger partial charge in [-0.25, -0.2) is 9.78 Å². The van der Waals surface area contributed by atoms with Crippen LogP contribution in [-0.2, 0) is 0 Å². The van der Waals surface area contributed by atoms with Crippen molar-refractivity contribution in [3.8, 4) is 5.75 Å². The van der Waals surface area contributed by atoms with Crippen LogP contribution in [0.2, 0.25) is 5.02 Å². The molecule has 0 bridgehead atoms. The van der Waals surface area contributed by atoms with E-state index >= 15 is 0 Å². The maximum Gasteiger partial charge on any atom is 0.319 e. The zero-order chi connectivity index (χ0) is 20.9. The molecule has 1 aromatic carbocycles. The summed E-state index contributed by atoms with van der Waals surface area (Å²) in [7, 11) is 1.62. The number of benzene rings is 1. The van der Waals surface area contributed by atoms with Crippen molar-refractivity contribution in [2.45, 2.75) is 18.4 Å². The number of hydrogen-bond acceptors (Lipinski definition) is 6. The maximum atomic E-state index is 12.6. The number of halogens is 1. The minimum Gasteiger partial charge on any atom is -0.495 e. The van der Waals surface area contributed by atoms with E-state index in [0.29, 0.717) is 16.5 Å². The number of amides is 2. The molecule has 2 amide bonds. The van der Waals surface area contributed by atoms with E-state index in [1.807, 2.05) is 23.7 Å². The van der Waals surface area contributed by atoms with Crippen LogP contribution in [0.15, 0.2) is 54.2 Å². The summed E-state index contributed by atoms with van der Waals surface area (Å²) in [4.78, 5) is 23.9. The number of piperidine rings is 1. The van der Waals surface area contributed by atoms with E-state index in [-0.39, 0.29) is 18.0 Å². The molecule has 9 heteroatoms. The Balaban J connectivity index is 1.50. The van der Waals surface area contributed by atoms with Gasteiger partial charge in [-0.1, -0.05) is 11.6 Å². The first-order chi connectivity index (χ1) is 14.6.